The minimum Gasteiger partial charge on any atom is -0.443 e. The first-order chi connectivity index (χ1) is 18.9. The number of alkyl halides is 3. The first-order valence-electron chi connectivity index (χ1n) is 12.3. The number of amides is 2. The maximum atomic E-state index is 13.7. The van der Waals surface area contributed by atoms with Gasteiger partial charge in [-0.15, -0.1) is 0 Å². The van der Waals surface area contributed by atoms with Gasteiger partial charge in [-0.1, -0.05) is 0 Å². The van der Waals surface area contributed by atoms with E-state index in [1.807, 2.05) is 0 Å². The number of nitrogens with zero attached hydrogens (tertiary/aromatic N) is 3. The molecule has 1 aromatic rings. The number of halogens is 3. The van der Waals surface area contributed by atoms with Crippen molar-refractivity contribution in [2.24, 2.45) is 4.99 Å². The van der Waals surface area contributed by atoms with Crippen molar-refractivity contribution in [1.29, 1.82) is 0 Å². The van der Waals surface area contributed by atoms with Crippen LogP contribution in [0.3, 0.4) is 0 Å². The standard InChI is InChI=1S/C24H32F3N3O11S2/c1-20(2,3)39-18(31)29(19(32)40-21(4,5)6)17-22(7,8)42(35,36)13-23(9,28-17)15-12-14(30(33)34)10-11-16(15)41-43(37,38)24(25,26)27/h10-12H,13H2,1-9H3/t23-/m0/s1. The van der Waals surface area contributed by atoms with Crippen molar-refractivity contribution >= 4 is 43.7 Å². The first-order valence-corrected chi connectivity index (χ1v) is 15.4. The fraction of sp³-hybridized carbons (Fsp3) is 0.625. The van der Waals surface area contributed by atoms with Crippen LogP contribution in [0.15, 0.2) is 23.2 Å². The fourth-order valence-corrected chi connectivity index (χ4v) is 5.91. The molecule has 0 N–H and O–H groups in total. The number of nitro groups is 1. The molecular weight excluding hydrogens is 627 g/mol. The SMILES string of the molecule is CC(C)(C)OC(=O)N(C(=O)OC(C)(C)C)C1=N[C@](C)(c2cc([N+](=O)[O-])ccc2OS(=O)(=O)C(F)(F)F)CS(=O)(=O)C1(C)C. The monoisotopic (exact) mass is 659 g/mol. The third kappa shape index (κ3) is 7.73. The molecule has 0 saturated carbocycles. The number of benzene rings is 1. The highest BCUT2D eigenvalue weighted by molar-refractivity contribution is 7.93. The molecule has 0 aliphatic carbocycles. The van der Waals surface area contributed by atoms with Crippen molar-refractivity contribution in [3.63, 3.8) is 0 Å². The highest BCUT2D eigenvalue weighted by atomic mass is 32.2. The molecule has 0 aromatic heterocycles. The molecule has 242 valence electrons. The van der Waals surface area contributed by atoms with Crippen LogP contribution in [0, 0.1) is 10.1 Å². The molecule has 19 heteroatoms. The van der Waals surface area contributed by atoms with Gasteiger partial charge in [0.15, 0.2) is 9.84 Å². The van der Waals surface area contributed by atoms with Gasteiger partial charge in [0.05, 0.1) is 10.7 Å². The summed E-state index contributed by atoms with van der Waals surface area (Å²) in [6.45, 7) is 11.8. The molecule has 0 spiro atoms. The van der Waals surface area contributed by atoms with Gasteiger partial charge in [0, 0.05) is 17.7 Å². The minimum absolute atomic E-state index is 0.204. The van der Waals surface area contributed by atoms with Crippen molar-refractivity contribution in [2.75, 3.05) is 5.75 Å². The summed E-state index contributed by atoms with van der Waals surface area (Å²) < 4.78 is 103. The highest BCUT2D eigenvalue weighted by Crippen LogP contribution is 2.44. The van der Waals surface area contributed by atoms with Crippen molar-refractivity contribution in [3.8, 4) is 5.75 Å². The largest absolute Gasteiger partial charge is 0.534 e. The average Bonchev–Trinajstić information content (AvgIpc) is 2.73. The molecule has 1 heterocycles. The van der Waals surface area contributed by atoms with Gasteiger partial charge in [0.2, 0.25) is 0 Å². The Labute approximate surface area is 246 Å². The number of imide groups is 1. The number of non-ortho nitro benzene ring substituents is 1. The Morgan fingerprint density at radius 3 is 1.86 bits per heavy atom. The highest BCUT2D eigenvalue weighted by Gasteiger charge is 2.56. The molecule has 0 bridgehead atoms. The molecule has 1 aliphatic rings. The average molecular weight is 660 g/mol. The number of rotatable bonds is 4. The van der Waals surface area contributed by atoms with Gasteiger partial charge in [-0.2, -0.15) is 26.5 Å². The number of hydrogen-bond acceptors (Lipinski definition) is 12. The normalized spacial score (nSPS) is 20.4. The molecule has 1 aromatic carbocycles. The van der Waals surface area contributed by atoms with Crippen molar-refractivity contribution in [2.45, 2.75) is 89.3 Å². The lowest BCUT2D eigenvalue weighted by Crippen LogP contribution is -2.61. The summed E-state index contributed by atoms with van der Waals surface area (Å²) in [5.74, 6) is -3.03. The first kappa shape index (κ1) is 35.7. The quantitative estimate of drug-likeness (QED) is 0.187. The number of ether oxygens (including phenoxy) is 2. The summed E-state index contributed by atoms with van der Waals surface area (Å²) in [5.41, 5.74) is -12.3. The van der Waals surface area contributed by atoms with Crippen LogP contribution in [0.2, 0.25) is 0 Å². The number of sulfone groups is 1. The van der Waals surface area contributed by atoms with Crippen LogP contribution in [0.5, 0.6) is 5.75 Å². The number of carbonyl (C=O) groups is 2. The van der Waals surface area contributed by atoms with Gasteiger partial charge >= 0.3 is 27.8 Å². The molecule has 0 saturated heterocycles. The molecule has 1 aliphatic heterocycles. The van der Waals surface area contributed by atoms with Gasteiger partial charge in [0.25, 0.3) is 5.69 Å². The van der Waals surface area contributed by atoms with Crippen LogP contribution in [0.4, 0.5) is 28.4 Å². The van der Waals surface area contributed by atoms with E-state index in [1.54, 1.807) is 0 Å². The maximum absolute atomic E-state index is 13.7. The maximum Gasteiger partial charge on any atom is 0.534 e. The van der Waals surface area contributed by atoms with E-state index in [9.17, 15) is 49.7 Å². The number of amidine groups is 1. The topological polar surface area (TPSA) is 189 Å². The molecule has 2 amide bonds. The Kier molecular flexibility index (Phi) is 9.06. The molecular formula is C24H32F3N3O11S2. The number of nitro benzene ring substituents is 1. The third-order valence-corrected chi connectivity index (χ3v) is 9.39. The Balaban J connectivity index is 3.02. The van der Waals surface area contributed by atoms with Crippen LogP contribution in [0.1, 0.15) is 67.9 Å². The van der Waals surface area contributed by atoms with E-state index in [0.29, 0.717) is 18.2 Å². The Morgan fingerprint density at radius 2 is 1.47 bits per heavy atom. The molecule has 0 unspecified atom stereocenters. The summed E-state index contributed by atoms with van der Waals surface area (Å²) in [4.78, 5) is 41.7. The van der Waals surface area contributed by atoms with E-state index >= 15 is 0 Å². The van der Waals surface area contributed by atoms with Gasteiger partial charge in [-0.3, -0.25) is 15.1 Å². The zero-order valence-electron chi connectivity index (χ0n) is 24.7. The van der Waals surface area contributed by atoms with E-state index in [0.717, 1.165) is 20.8 Å². The van der Waals surface area contributed by atoms with Crippen molar-refractivity contribution < 1.29 is 58.2 Å². The lowest BCUT2D eigenvalue weighted by Gasteiger charge is -2.42. The van der Waals surface area contributed by atoms with E-state index in [4.69, 9.17) is 9.47 Å². The van der Waals surface area contributed by atoms with E-state index < -0.39 is 92.7 Å². The summed E-state index contributed by atoms with van der Waals surface area (Å²) in [6.07, 6.45) is -2.86. The third-order valence-electron chi connectivity index (χ3n) is 5.74. The lowest BCUT2D eigenvalue weighted by molar-refractivity contribution is -0.385. The van der Waals surface area contributed by atoms with Crippen molar-refractivity contribution in [3.05, 3.63) is 33.9 Å². The molecule has 2 rings (SSSR count). The van der Waals surface area contributed by atoms with E-state index in [2.05, 4.69) is 9.18 Å². The van der Waals surface area contributed by atoms with Crippen LogP contribution in [-0.2, 0) is 35.0 Å². The Hall–Kier alpha value is -3.48. The molecule has 43 heavy (non-hydrogen) atoms. The predicted molar refractivity (Wildman–Crippen MR) is 146 cm³/mol. The van der Waals surface area contributed by atoms with Crippen LogP contribution in [-0.4, -0.2) is 71.9 Å². The van der Waals surface area contributed by atoms with Gasteiger partial charge in [-0.25, -0.2) is 18.0 Å². The van der Waals surface area contributed by atoms with Gasteiger partial charge in [-0.05, 0) is 68.4 Å². The molecule has 0 radical (unpaired) electrons. The second-order valence-corrected chi connectivity index (χ2v) is 16.3. The Morgan fingerprint density at radius 1 is 1.00 bits per heavy atom. The van der Waals surface area contributed by atoms with Gasteiger partial charge < -0.3 is 13.7 Å². The van der Waals surface area contributed by atoms with Crippen LogP contribution >= 0.6 is 0 Å². The van der Waals surface area contributed by atoms with Gasteiger partial charge in [0.1, 0.15) is 33.1 Å². The zero-order valence-corrected chi connectivity index (χ0v) is 26.4. The number of aliphatic imine (C=N–C) groups is 1. The summed E-state index contributed by atoms with van der Waals surface area (Å²) in [6, 6.07) is 1.75. The molecule has 0 fully saturated rings. The number of carbonyl (C=O) groups excluding carboxylic acids is 2. The molecule has 1 atom stereocenters. The second-order valence-electron chi connectivity index (χ2n) is 12.2. The lowest BCUT2D eigenvalue weighted by atomic mass is 9.92. The predicted octanol–water partition coefficient (Wildman–Crippen LogP) is 4.82. The van der Waals surface area contributed by atoms with Crippen molar-refractivity contribution in [1.82, 2.24) is 4.90 Å². The zero-order chi connectivity index (χ0) is 33.8. The second kappa shape index (κ2) is 10.9. The summed E-state index contributed by atoms with van der Waals surface area (Å²) >= 11 is 0. The minimum atomic E-state index is -6.35. The smallest absolute Gasteiger partial charge is 0.443 e. The number of hydrogen-bond donors (Lipinski definition) is 0. The Bertz CT molecular complexity index is 1550. The van der Waals surface area contributed by atoms with E-state index in [1.165, 1.54) is 41.5 Å². The summed E-state index contributed by atoms with van der Waals surface area (Å²) in [7, 11) is -10.9. The fourth-order valence-electron chi connectivity index (χ4n) is 3.70. The van der Waals surface area contributed by atoms with Crippen LogP contribution in [0.25, 0.3) is 0 Å². The van der Waals surface area contributed by atoms with E-state index in [-0.39, 0.29) is 4.90 Å². The van der Waals surface area contributed by atoms with Crippen LogP contribution < -0.4 is 4.18 Å². The molecule has 14 nitrogen and oxygen atoms in total. The summed E-state index contributed by atoms with van der Waals surface area (Å²) in [5, 5.41) is 11.5.